The quantitative estimate of drug-likeness (QED) is 0.146. The van der Waals surface area contributed by atoms with E-state index in [1.807, 2.05) is 11.8 Å². The highest BCUT2D eigenvalue weighted by Gasteiger charge is 2.43. The van der Waals surface area contributed by atoms with E-state index >= 15 is 0 Å². The molecule has 2 aliphatic heterocycles. The summed E-state index contributed by atoms with van der Waals surface area (Å²) in [6.07, 6.45) is 2.20. The van der Waals surface area contributed by atoms with Crippen molar-refractivity contribution in [3.8, 4) is 16.8 Å². The lowest BCUT2D eigenvalue weighted by molar-refractivity contribution is 0.669. The van der Waals surface area contributed by atoms with E-state index in [9.17, 15) is 0 Å². The van der Waals surface area contributed by atoms with Gasteiger partial charge in [0.25, 0.3) is 0 Å². The predicted octanol–water partition coefficient (Wildman–Crippen LogP) is 8.77. The molecule has 0 atom stereocenters. The predicted molar refractivity (Wildman–Crippen MR) is 183 cm³/mol. The third-order valence-electron chi connectivity index (χ3n) is 10.1. The van der Waals surface area contributed by atoms with Gasteiger partial charge in [-0.2, -0.15) is 0 Å². The smallest absolute Gasteiger partial charge is 0.333 e. The average Bonchev–Trinajstić information content (AvgIpc) is 3.70. The van der Waals surface area contributed by atoms with Crippen molar-refractivity contribution in [2.45, 2.75) is 11.8 Å². The molecule has 3 aromatic heterocycles. The first kappa shape index (κ1) is 22.7. The van der Waals surface area contributed by atoms with Crippen molar-refractivity contribution in [1.29, 1.82) is 0 Å². The first-order chi connectivity index (χ1) is 21.2. The normalized spacial score (nSPS) is 13.4. The molecule has 0 aliphatic carbocycles. The van der Waals surface area contributed by atoms with Crippen molar-refractivity contribution >= 4 is 95.1 Å². The summed E-state index contributed by atoms with van der Waals surface area (Å²) >= 11 is 1.84. The number of hydrogen-bond donors (Lipinski definition) is 0. The number of nitrogens with zero attached hydrogens (tertiary/aromatic N) is 2. The fourth-order valence-corrected chi connectivity index (χ4v) is 9.16. The summed E-state index contributed by atoms with van der Waals surface area (Å²) in [6.45, 7) is 2.30. The Morgan fingerprint density at radius 1 is 0.651 bits per heavy atom. The second-order valence-electron chi connectivity index (χ2n) is 12.0. The Hall–Kier alpha value is -4.87. The van der Waals surface area contributed by atoms with Gasteiger partial charge in [0.05, 0.1) is 22.1 Å². The van der Waals surface area contributed by atoms with Gasteiger partial charge >= 0.3 is 6.85 Å². The van der Waals surface area contributed by atoms with Gasteiger partial charge in [-0.3, -0.25) is 0 Å². The molecule has 3 nitrogen and oxygen atoms in total. The van der Waals surface area contributed by atoms with E-state index in [1.54, 1.807) is 0 Å². The molecule has 0 N–H and O–H groups in total. The second kappa shape index (κ2) is 7.55. The second-order valence-corrected chi connectivity index (χ2v) is 12.9. The van der Waals surface area contributed by atoms with Crippen LogP contribution in [0.15, 0.2) is 112 Å². The molecule has 5 heterocycles. The monoisotopic (exact) mass is 566 g/mol. The Morgan fingerprint density at radius 3 is 2.35 bits per heavy atom. The molecule has 2 aliphatic rings. The molecule has 0 saturated heterocycles. The van der Waals surface area contributed by atoms with Gasteiger partial charge in [0.1, 0.15) is 11.2 Å². The molecule has 0 bridgehead atoms. The Kier molecular flexibility index (Phi) is 3.99. The minimum absolute atomic E-state index is 0.0379. The third kappa shape index (κ3) is 2.47. The van der Waals surface area contributed by atoms with E-state index in [2.05, 4.69) is 125 Å². The highest BCUT2D eigenvalue weighted by atomic mass is 32.2. The molecule has 5 heteroatoms. The Morgan fingerprint density at radius 2 is 1.44 bits per heavy atom. The highest BCUT2D eigenvalue weighted by Crippen LogP contribution is 2.48. The molecular weight excluding hydrogens is 543 g/mol. The average molecular weight is 566 g/mol. The summed E-state index contributed by atoms with van der Waals surface area (Å²) in [5.41, 5.74) is 14.9. The Labute approximate surface area is 251 Å². The van der Waals surface area contributed by atoms with Crippen molar-refractivity contribution < 1.29 is 4.42 Å². The summed E-state index contributed by atoms with van der Waals surface area (Å²) < 4.78 is 11.9. The van der Waals surface area contributed by atoms with Crippen LogP contribution in [0.5, 0.6) is 0 Å². The molecule has 6 aromatic carbocycles. The maximum atomic E-state index is 6.68. The summed E-state index contributed by atoms with van der Waals surface area (Å²) in [5, 5.41) is 7.70. The Balaban J connectivity index is 1.50. The van der Waals surface area contributed by atoms with E-state index in [0.29, 0.717) is 0 Å². The molecule has 43 heavy (non-hydrogen) atoms. The number of benzene rings is 6. The van der Waals surface area contributed by atoms with Crippen molar-refractivity contribution in [1.82, 2.24) is 9.05 Å². The van der Waals surface area contributed by atoms with Crippen molar-refractivity contribution in [2.24, 2.45) is 0 Å². The minimum Gasteiger partial charge on any atom is -0.456 e. The molecule has 11 rings (SSSR count). The van der Waals surface area contributed by atoms with Gasteiger partial charge in [-0.05, 0) is 65.6 Å². The SMILES string of the molecule is CSc1ccc2c3c1c1c(C)cccc1n3-c1c3c(cc4oc5ccccc5c14)-c1cccc4c5ccccc5n(c14)B32. The number of furan rings is 1. The van der Waals surface area contributed by atoms with Crippen LogP contribution in [-0.2, 0) is 0 Å². The first-order valence-corrected chi connectivity index (χ1v) is 16.1. The fourth-order valence-electron chi connectivity index (χ4n) is 8.55. The molecule has 0 spiro atoms. The van der Waals surface area contributed by atoms with Crippen LogP contribution in [0.4, 0.5) is 0 Å². The van der Waals surface area contributed by atoms with Crippen LogP contribution in [0.2, 0.25) is 0 Å². The van der Waals surface area contributed by atoms with Gasteiger partial charge < -0.3 is 13.5 Å². The summed E-state index contributed by atoms with van der Waals surface area (Å²) in [7, 11) is 0. The number of hydrogen-bond acceptors (Lipinski definition) is 2. The number of rotatable bonds is 1. The Bertz CT molecular complexity index is 2740. The largest absolute Gasteiger partial charge is 0.456 e. The molecule has 9 aromatic rings. The van der Waals surface area contributed by atoms with Crippen LogP contribution in [0.3, 0.4) is 0 Å². The topological polar surface area (TPSA) is 23.0 Å². The lowest BCUT2D eigenvalue weighted by Gasteiger charge is -2.34. The van der Waals surface area contributed by atoms with Crippen LogP contribution in [0.1, 0.15) is 5.56 Å². The lowest BCUT2D eigenvalue weighted by atomic mass is 9.45. The molecule has 0 unspecified atom stereocenters. The van der Waals surface area contributed by atoms with Gasteiger partial charge in [0, 0.05) is 48.4 Å². The molecule has 0 amide bonds. The van der Waals surface area contributed by atoms with E-state index in [4.69, 9.17) is 4.42 Å². The molecule has 0 saturated carbocycles. The number of aromatic nitrogens is 2. The first-order valence-electron chi connectivity index (χ1n) is 14.9. The highest BCUT2D eigenvalue weighted by molar-refractivity contribution is 7.98. The van der Waals surface area contributed by atoms with E-state index in [0.717, 1.165) is 11.2 Å². The van der Waals surface area contributed by atoms with Crippen LogP contribution in [-0.4, -0.2) is 22.1 Å². The van der Waals surface area contributed by atoms with Crippen LogP contribution in [0.25, 0.3) is 82.4 Å². The molecule has 0 fully saturated rings. The molecular formula is C38H23BN2OS. The fraction of sp³-hybridized carbons (Fsp3) is 0.0526. The van der Waals surface area contributed by atoms with E-state index in [1.165, 1.54) is 92.6 Å². The summed E-state index contributed by atoms with van der Waals surface area (Å²) in [4.78, 5) is 1.32. The van der Waals surface area contributed by atoms with Gasteiger partial charge in [0.2, 0.25) is 0 Å². The van der Waals surface area contributed by atoms with Gasteiger partial charge in [0.15, 0.2) is 0 Å². The number of thioether (sulfide) groups is 1. The van der Waals surface area contributed by atoms with Gasteiger partial charge in [-0.1, -0.05) is 72.8 Å². The van der Waals surface area contributed by atoms with Gasteiger partial charge in [-0.15, -0.1) is 11.8 Å². The van der Waals surface area contributed by atoms with Gasteiger partial charge in [-0.25, -0.2) is 0 Å². The van der Waals surface area contributed by atoms with E-state index < -0.39 is 0 Å². The zero-order valence-electron chi connectivity index (χ0n) is 23.6. The van der Waals surface area contributed by atoms with Crippen molar-refractivity contribution in [3.05, 3.63) is 109 Å². The molecule has 200 valence electrons. The zero-order chi connectivity index (χ0) is 28.1. The zero-order valence-corrected chi connectivity index (χ0v) is 24.4. The standard InChI is InChI=1S/C38H23BN2OS/c1-20-9-7-15-28-32(20)34-31(43-2)18-17-26-37(34)40(28)38-33-24-11-4-6-16-29(24)42-30(33)19-25-23-13-8-12-22-21-10-3-5-14-27(21)41(36(22)23)39(26)35(25)38/h3-19H,1-2H3. The maximum absolute atomic E-state index is 6.68. The third-order valence-corrected chi connectivity index (χ3v) is 10.9. The number of para-hydroxylation sites is 3. The summed E-state index contributed by atoms with van der Waals surface area (Å²) in [6, 6.07) is 38.2. The lowest BCUT2D eigenvalue weighted by Crippen LogP contribution is -2.55. The summed E-state index contributed by atoms with van der Waals surface area (Å²) in [5.74, 6) is 0. The number of aryl methyl sites for hydroxylation is 1. The van der Waals surface area contributed by atoms with Crippen LogP contribution >= 0.6 is 11.8 Å². The molecule has 0 radical (unpaired) electrons. The van der Waals surface area contributed by atoms with E-state index in [-0.39, 0.29) is 6.85 Å². The van der Waals surface area contributed by atoms with Crippen molar-refractivity contribution in [2.75, 3.05) is 6.26 Å². The maximum Gasteiger partial charge on any atom is 0.333 e. The van der Waals surface area contributed by atoms with Crippen molar-refractivity contribution in [3.63, 3.8) is 0 Å². The number of fused-ring (bicyclic) bond motifs is 14. The van der Waals surface area contributed by atoms with Crippen LogP contribution in [0, 0.1) is 6.92 Å². The van der Waals surface area contributed by atoms with Crippen LogP contribution < -0.4 is 10.9 Å². The minimum atomic E-state index is 0.0379.